The van der Waals surface area contributed by atoms with Gasteiger partial charge in [0, 0.05) is 19.3 Å². The highest BCUT2D eigenvalue weighted by molar-refractivity contribution is 5.94. The summed E-state index contributed by atoms with van der Waals surface area (Å²) in [4.78, 5) is 19.2. The van der Waals surface area contributed by atoms with E-state index in [1.807, 2.05) is 0 Å². The van der Waals surface area contributed by atoms with Crippen molar-refractivity contribution in [3.05, 3.63) is 18.1 Å². The average Bonchev–Trinajstić information content (AvgIpc) is 2.42. The van der Waals surface area contributed by atoms with Crippen LogP contribution in [0.2, 0.25) is 0 Å². The van der Waals surface area contributed by atoms with E-state index in [9.17, 15) is 4.79 Å². The first kappa shape index (κ1) is 14.3. The van der Waals surface area contributed by atoms with Crippen LogP contribution in [0, 0.1) is 0 Å². The highest BCUT2D eigenvalue weighted by atomic mass is 16.5. The van der Waals surface area contributed by atoms with Crippen LogP contribution in [-0.2, 0) is 9.47 Å². The molecule has 0 aliphatic carbocycles. The fourth-order valence-corrected chi connectivity index (χ4v) is 1.28. The maximum atomic E-state index is 11.4. The molecule has 0 saturated heterocycles. The van der Waals surface area contributed by atoms with Crippen molar-refractivity contribution in [2.75, 3.05) is 38.8 Å². The summed E-state index contributed by atoms with van der Waals surface area (Å²) >= 11 is 0. The van der Waals surface area contributed by atoms with Crippen molar-refractivity contribution in [3.63, 3.8) is 0 Å². The first-order valence-electron chi connectivity index (χ1n) is 5.60. The van der Waals surface area contributed by atoms with Gasteiger partial charge < -0.3 is 19.9 Å². The van der Waals surface area contributed by atoms with Crippen LogP contribution in [-0.4, -0.2) is 54.5 Å². The van der Waals surface area contributed by atoms with Crippen LogP contribution in [0.5, 0.6) is 0 Å². The van der Waals surface area contributed by atoms with Gasteiger partial charge in [0.15, 0.2) is 0 Å². The Morgan fingerprint density at radius 2 is 2.33 bits per heavy atom. The average molecular weight is 255 g/mol. The van der Waals surface area contributed by atoms with E-state index in [4.69, 9.17) is 9.84 Å². The maximum Gasteiger partial charge on any atom is 0.343 e. The monoisotopic (exact) mass is 255 g/mol. The molecule has 0 unspecified atom stereocenters. The van der Waals surface area contributed by atoms with Gasteiger partial charge >= 0.3 is 5.97 Å². The van der Waals surface area contributed by atoms with Gasteiger partial charge in [-0.15, -0.1) is 0 Å². The highest BCUT2D eigenvalue weighted by Gasteiger charge is 2.12. The molecule has 1 aromatic heterocycles. The summed E-state index contributed by atoms with van der Waals surface area (Å²) in [7, 11) is 1.31. The molecule has 100 valence electrons. The lowest BCUT2D eigenvalue weighted by molar-refractivity contribution is 0.0601. The summed E-state index contributed by atoms with van der Waals surface area (Å²) < 4.78 is 9.73. The van der Waals surface area contributed by atoms with Crippen LogP contribution in [0.15, 0.2) is 12.5 Å². The molecule has 18 heavy (non-hydrogen) atoms. The topological polar surface area (TPSA) is 93.6 Å². The second-order valence-corrected chi connectivity index (χ2v) is 3.39. The Kier molecular flexibility index (Phi) is 6.67. The SMILES string of the molecule is COC(=O)c1cncnc1NCCCOCCO. The fraction of sp³-hybridized carbons (Fsp3) is 0.545. The second-order valence-electron chi connectivity index (χ2n) is 3.39. The number of methoxy groups -OCH3 is 1. The molecular formula is C11H17N3O4. The number of hydrogen-bond acceptors (Lipinski definition) is 7. The third kappa shape index (κ3) is 4.64. The van der Waals surface area contributed by atoms with E-state index in [1.54, 1.807) is 0 Å². The van der Waals surface area contributed by atoms with Crippen LogP contribution < -0.4 is 5.32 Å². The number of carbonyl (C=O) groups is 1. The summed E-state index contributed by atoms with van der Waals surface area (Å²) in [6, 6.07) is 0. The smallest absolute Gasteiger partial charge is 0.343 e. The largest absolute Gasteiger partial charge is 0.465 e. The summed E-state index contributed by atoms with van der Waals surface area (Å²) in [5.41, 5.74) is 0.302. The number of rotatable bonds is 8. The summed E-state index contributed by atoms with van der Waals surface area (Å²) in [5, 5.41) is 11.5. The fourth-order valence-electron chi connectivity index (χ4n) is 1.28. The third-order valence-electron chi connectivity index (χ3n) is 2.11. The zero-order valence-corrected chi connectivity index (χ0v) is 10.3. The molecule has 1 aromatic rings. The van der Waals surface area contributed by atoms with Gasteiger partial charge in [-0.1, -0.05) is 0 Å². The minimum atomic E-state index is -0.477. The normalized spacial score (nSPS) is 10.1. The Morgan fingerprint density at radius 1 is 1.50 bits per heavy atom. The van der Waals surface area contributed by atoms with Gasteiger partial charge in [0.1, 0.15) is 17.7 Å². The van der Waals surface area contributed by atoms with E-state index in [-0.39, 0.29) is 6.61 Å². The molecule has 0 spiro atoms. The highest BCUT2D eigenvalue weighted by Crippen LogP contribution is 2.10. The van der Waals surface area contributed by atoms with Gasteiger partial charge in [-0.2, -0.15) is 0 Å². The Morgan fingerprint density at radius 3 is 3.06 bits per heavy atom. The standard InChI is InChI=1S/C11H17N3O4/c1-17-11(16)9-7-12-8-14-10(9)13-3-2-5-18-6-4-15/h7-8,15H,2-6H2,1H3,(H,12,13,14). The number of hydrogen-bond donors (Lipinski definition) is 2. The van der Waals surface area contributed by atoms with Crippen LogP contribution in [0.3, 0.4) is 0 Å². The molecule has 1 rings (SSSR count). The van der Waals surface area contributed by atoms with Gasteiger partial charge in [-0.05, 0) is 6.42 Å². The number of aliphatic hydroxyl groups excluding tert-OH is 1. The third-order valence-corrected chi connectivity index (χ3v) is 2.11. The van der Waals surface area contributed by atoms with Crippen molar-refractivity contribution in [1.29, 1.82) is 0 Å². The second kappa shape index (κ2) is 8.37. The minimum absolute atomic E-state index is 0.0197. The Labute approximate surface area is 105 Å². The predicted octanol–water partition coefficient (Wildman–Crippen LogP) is 0.0741. The first-order valence-corrected chi connectivity index (χ1v) is 5.60. The molecule has 0 fully saturated rings. The maximum absolute atomic E-state index is 11.4. The Bertz CT molecular complexity index is 373. The summed E-state index contributed by atoms with van der Waals surface area (Å²) in [5.74, 6) is -0.0337. The van der Waals surface area contributed by atoms with Crippen molar-refractivity contribution in [1.82, 2.24) is 9.97 Å². The lowest BCUT2D eigenvalue weighted by atomic mass is 10.3. The molecule has 7 nitrogen and oxygen atoms in total. The molecular weight excluding hydrogens is 238 g/mol. The van der Waals surface area contributed by atoms with E-state index in [0.717, 1.165) is 6.42 Å². The van der Waals surface area contributed by atoms with E-state index in [2.05, 4.69) is 20.0 Å². The Hall–Kier alpha value is -1.73. The number of aliphatic hydroxyl groups is 1. The van der Waals surface area contributed by atoms with Crippen LogP contribution >= 0.6 is 0 Å². The number of carbonyl (C=O) groups excluding carboxylic acids is 1. The molecule has 0 aliphatic rings. The van der Waals surface area contributed by atoms with E-state index in [0.29, 0.717) is 31.1 Å². The van der Waals surface area contributed by atoms with Gasteiger partial charge in [0.2, 0.25) is 0 Å². The van der Waals surface area contributed by atoms with Gasteiger partial charge in [-0.3, -0.25) is 0 Å². The van der Waals surface area contributed by atoms with Crippen molar-refractivity contribution < 1.29 is 19.4 Å². The molecule has 0 saturated carbocycles. The lowest BCUT2D eigenvalue weighted by Gasteiger charge is -2.08. The number of nitrogens with zero attached hydrogens (tertiary/aromatic N) is 2. The summed E-state index contributed by atoms with van der Waals surface area (Å²) in [6.07, 6.45) is 3.51. The summed E-state index contributed by atoms with van der Waals surface area (Å²) in [6.45, 7) is 1.49. The number of anilines is 1. The number of esters is 1. The number of ether oxygens (including phenoxy) is 2. The van der Waals surface area contributed by atoms with E-state index < -0.39 is 5.97 Å². The van der Waals surface area contributed by atoms with Crippen molar-refractivity contribution >= 4 is 11.8 Å². The van der Waals surface area contributed by atoms with Gasteiger partial charge in [0.05, 0.1) is 20.3 Å². The molecule has 1 heterocycles. The lowest BCUT2D eigenvalue weighted by Crippen LogP contribution is -2.13. The zero-order valence-electron chi connectivity index (χ0n) is 10.3. The zero-order chi connectivity index (χ0) is 13.2. The van der Waals surface area contributed by atoms with E-state index >= 15 is 0 Å². The van der Waals surface area contributed by atoms with Crippen LogP contribution in [0.4, 0.5) is 5.82 Å². The molecule has 2 N–H and O–H groups in total. The molecule has 0 radical (unpaired) electrons. The van der Waals surface area contributed by atoms with Crippen molar-refractivity contribution in [2.24, 2.45) is 0 Å². The number of nitrogens with one attached hydrogen (secondary N) is 1. The molecule has 7 heteroatoms. The van der Waals surface area contributed by atoms with Crippen molar-refractivity contribution in [2.45, 2.75) is 6.42 Å². The molecule has 0 amide bonds. The predicted molar refractivity (Wildman–Crippen MR) is 64.4 cm³/mol. The molecule has 0 atom stereocenters. The quantitative estimate of drug-likeness (QED) is 0.501. The first-order chi connectivity index (χ1) is 8.79. The van der Waals surface area contributed by atoms with Crippen LogP contribution in [0.25, 0.3) is 0 Å². The number of aromatic nitrogens is 2. The van der Waals surface area contributed by atoms with Crippen molar-refractivity contribution in [3.8, 4) is 0 Å². The van der Waals surface area contributed by atoms with E-state index in [1.165, 1.54) is 19.6 Å². The molecule has 0 aromatic carbocycles. The van der Waals surface area contributed by atoms with Gasteiger partial charge in [-0.25, -0.2) is 14.8 Å². The Balaban J connectivity index is 2.39. The molecule has 0 bridgehead atoms. The minimum Gasteiger partial charge on any atom is -0.465 e. The van der Waals surface area contributed by atoms with Gasteiger partial charge in [0.25, 0.3) is 0 Å². The van der Waals surface area contributed by atoms with Crippen LogP contribution in [0.1, 0.15) is 16.8 Å². The molecule has 0 aliphatic heterocycles.